The largest absolute Gasteiger partial charge is 0.0776 e. The van der Waals surface area contributed by atoms with E-state index in [0.717, 1.165) is 5.92 Å². The predicted octanol–water partition coefficient (Wildman–Crippen LogP) is 11.8. The number of hydrogen-bond acceptors (Lipinski definition) is 0. The first-order valence-electron chi connectivity index (χ1n) is 16.1. The van der Waals surface area contributed by atoms with Crippen molar-refractivity contribution in [3.63, 3.8) is 0 Å². The first-order valence-corrected chi connectivity index (χ1v) is 16.1. The van der Waals surface area contributed by atoms with Gasteiger partial charge in [0.25, 0.3) is 0 Å². The molecule has 0 saturated heterocycles. The van der Waals surface area contributed by atoms with Crippen LogP contribution in [0.3, 0.4) is 0 Å². The van der Waals surface area contributed by atoms with Crippen LogP contribution >= 0.6 is 0 Å². The van der Waals surface area contributed by atoms with Crippen molar-refractivity contribution in [3.8, 4) is 11.1 Å². The van der Waals surface area contributed by atoms with E-state index in [1.807, 2.05) is 0 Å². The molecule has 2 aromatic carbocycles. The molecule has 0 saturated carbocycles. The monoisotopic (exact) mass is 512 g/mol. The number of aryl methyl sites for hydroxylation is 2. The van der Waals surface area contributed by atoms with Crippen LogP contribution in [0.25, 0.3) is 11.1 Å². The van der Waals surface area contributed by atoms with Crippen LogP contribution in [0.1, 0.15) is 151 Å². The van der Waals surface area contributed by atoms with E-state index in [1.165, 1.54) is 120 Å². The Morgan fingerprint density at radius 1 is 0.684 bits per heavy atom. The Kier molecular flexibility index (Phi) is 10.00. The lowest BCUT2D eigenvalue weighted by Gasteiger charge is -2.43. The van der Waals surface area contributed by atoms with Gasteiger partial charge < -0.3 is 0 Å². The molecule has 0 N–H and O–H groups in total. The molecule has 0 aliphatic heterocycles. The second-order valence-corrected chi connectivity index (χ2v) is 12.9. The van der Waals surface area contributed by atoms with E-state index in [2.05, 4.69) is 58.0 Å². The van der Waals surface area contributed by atoms with Gasteiger partial charge in [-0.2, -0.15) is 0 Å². The van der Waals surface area contributed by atoms with Gasteiger partial charge in [0.1, 0.15) is 0 Å². The molecule has 0 aromatic heterocycles. The molecule has 3 aliphatic carbocycles. The maximum atomic E-state index is 2.84. The summed E-state index contributed by atoms with van der Waals surface area (Å²) < 4.78 is 0. The average Bonchev–Trinajstić information content (AvgIpc) is 3.18. The van der Waals surface area contributed by atoms with Crippen molar-refractivity contribution in [1.82, 2.24) is 0 Å². The van der Waals surface area contributed by atoms with Gasteiger partial charge in [0, 0.05) is 5.41 Å². The second kappa shape index (κ2) is 13.0. The fourth-order valence-electron chi connectivity index (χ4n) is 8.15. The van der Waals surface area contributed by atoms with Crippen molar-refractivity contribution in [2.24, 2.45) is 5.92 Å². The maximum Gasteiger partial charge on any atom is 0.0405 e. The molecule has 0 nitrogen and oxygen atoms in total. The molecule has 2 unspecified atom stereocenters. The molecule has 2 atom stereocenters. The van der Waals surface area contributed by atoms with Crippen LogP contribution in [0.4, 0.5) is 0 Å². The van der Waals surface area contributed by atoms with Crippen molar-refractivity contribution in [1.29, 1.82) is 0 Å². The first kappa shape index (κ1) is 29.2. The lowest BCUT2D eigenvalue weighted by Crippen LogP contribution is -2.36. The Morgan fingerprint density at radius 3 is 1.89 bits per heavy atom. The fourth-order valence-corrected chi connectivity index (χ4v) is 8.15. The summed E-state index contributed by atoms with van der Waals surface area (Å²) in [6.45, 7) is 9.40. The lowest BCUT2D eigenvalue weighted by molar-refractivity contribution is 0.342. The summed E-state index contributed by atoms with van der Waals surface area (Å²) in [6.07, 6.45) is 26.2. The molecule has 208 valence electrons. The standard InChI is InChI=1S/C37H52.CH4/c1-5-7-9-11-13-15-17-29-23-33-27(3)19-21-31-32-22-20-28(4)34-24-30(18-16-14-12-10-8-6-2)26-37(25-29,35(31)33)36(32)34;/h19-22,25,30H,5-18,23-24,26H2,1-4H3;1H4. The van der Waals surface area contributed by atoms with Gasteiger partial charge >= 0.3 is 0 Å². The Labute approximate surface area is 235 Å². The van der Waals surface area contributed by atoms with Crippen LogP contribution in [-0.4, -0.2) is 0 Å². The summed E-state index contributed by atoms with van der Waals surface area (Å²) in [5.41, 5.74) is 14.9. The van der Waals surface area contributed by atoms with Crippen LogP contribution < -0.4 is 0 Å². The molecule has 5 rings (SSSR count). The Hall–Kier alpha value is -1.82. The third-order valence-electron chi connectivity index (χ3n) is 10.1. The van der Waals surface area contributed by atoms with Crippen molar-refractivity contribution in [2.45, 2.75) is 150 Å². The van der Waals surface area contributed by atoms with Gasteiger partial charge in [-0.1, -0.05) is 134 Å². The molecular weight excluding hydrogens is 456 g/mol. The highest BCUT2D eigenvalue weighted by Crippen LogP contribution is 2.61. The Balaban J connectivity index is 0.00000336. The van der Waals surface area contributed by atoms with Gasteiger partial charge in [-0.15, -0.1) is 0 Å². The number of allylic oxidation sites excluding steroid dienone is 2. The normalized spacial score (nSPS) is 20.5. The van der Waals surface area contributed by atoms with Gasteiger partial charge in [-0.25, -0.2) is 0 Å². The summed E-state index contributed by atoms with van der Waals surface area (Å²) >= 11 is 0. The van der Waals surface area contributed by atoms with E-state index in [0.29, 0.717) is 0 Å². The molecule has 1 spiro atoms. The van der Waals surface area contributed by atoms with Gasteiger partial charge in [-0.3, -0.25) is 0 Å². The zero-order valence-corrected chi connectivity index (χ0v) is 24.5. The quantitative estimate of drug-likeness (QED) is 0.174. The van der Waals surface area contributed by atoms with Crippen molar-refractivity contribution >= 4 is 0 Å². The average molecular weight is 513 g/mol. The van der Waals surface area contributed by atoms with Gasteiger partial charge in [0.05, 0.1) is 0 Å². The number of fused-ring (bicyclic) bond motifs is 1. The Morgan fingerprint density at radius 2 is 1.24 bits per heavy atom. The van der Waals surface area contributed by atoms with Crippen molar-refractivity contribution in [2.75, 3.05) is 0 Å². The topological polar surface area (TPSA) is 0 Å². The van der Waals surface area contributed by atoms with Crippen LogP contribution in [0.5, 0.6) is 0 Å². The summed E-state index contributed by atoms with van der Waals surface area (Å²) in [5.74, 6) is 0.816. The molecule has 0 radical (unpaired) electrons. The molecule has 2 aromatic rings. The predicted molar refractivity (Wildman–Crippen MR) is 168 cm³/mol. The van der Waals surface area contributed by atoms with E-state index in [9.17, 15) is 0 Å². The molecule has 0 heteroatoms. The second-order valence-electron chi connectivity index (χ2n) is 12.9. The van der Waals surface area contributed by atoms with Crippen molar-refractivity contribution < 1.29 is 0 Å². The summed E-state index contributed by atoms with van der Waals surface area (Å²) in [7, 11) is 0. The minimum Gasteiger partial charge on any atom is -0.0776 e. The number of hydrogen-bond donors (Lipinski definition) is 0. The third-order valence-corrected chi connectivity index (χ3v) is 10.1. The molecule has 0 bridgehead atoms. The number of rotatable bonds is 14. The highest BCUT2D eigenvalue weighted by Gasteiger charge is 2.50. The van der Waals surface area contributed by atoms with Crippen LogP contribution in [0, 0.1) is 19.8 Å². The van der Waals surface area contributed by atoms with Gasteiger partial charge in [-0.05, 0) is 96.4 Å². The van der Waals surface area contributed by atoms with E-state index >= 15 is 0 Å². The van der Waals surface area contributed by atoms with Crippen molar-refractivity contribution in [3.05, 3.63) is 69.3 Å². The molecule has 0 heterocycles. The smallest absolute Gasteiger partial charge is 0.0405 e. The molecular formula is C38H56. The molecule has 0 fully saturated rings. The van der Waals surface area contributed by atoms with E-state index < -0.39 is 0 Å². The number of benzene rings is 2. The fraction of sp³-hybridized carbons (Fsp3) is 0.632. The summed E-state index contributed by atoms with van der Waals surface area (Å²) in [4.78, 5) is 0. The van der Waals surface area contributed by atoms with Crippen LogP contribution in [0.15, 0.2) is 35.9 Å². The summed E-state index contributed by atoms with van der Waals surface area (Å²) in [5, 5.41) is 0. The first-order chi connectivity index (χ1) is 18.1. The van der Waals surface area contributed by atoms with Crippen LogP contribution in [0.2, 0.25) is 0 Å². The van der Waals surface area contributed by atoms with Gasteiger partial charge in [0.2, 0.25) is 0 Å². The maximum absolute atomic E-state index is 2.84. The van der Waals surface area contributed by atoms with E-state index in [-0.39, 0.29) is 12.8 Å². The zero-order chi connectivity index (χ0) is 25.8. The van der Waals surface area contributed by atoms with E-state index in [1.54, 1.807) is 39.0 Å². The Bertz CT molecular complexity index is 1120. The van der Waals surface area contributed by atoms with Gasteiger partial charge in [0.15, 0.2) is 0 Å². The van der Waals surface area contributed by atoms with E-state index in [4.69, 9.17) is 0 Å². The van der Waals surface area contributed by atoms with Crippen LogP contribution in [-0.2, 0) is 18.3 Å². The summed E-state index contributed by atoms with van der Waals surface area (Å²) in [6, 6.07) is 9.79. The molecule has 38 heavy (non-hydrogen) atoms. The molecule has 3 aliphatic rings. The zero-order valence-electron chi connectivity index (χ0n) is 24.5. The third kappa shape index (κ3) is 5.57. The minimum absolute atomic E-state index is 0. The minimum atomic E-state index is 0. The number of unbranched alkanes of at least 4 members (excludes halogenated alkanes) is 10. The highest BCUT2D eigenvalue weighted by atomic mass is 14.5. The lowest BCUT2D eigenvalue weighted by atomic mass is 9.60. The SMILES string of the molecule is C.CCCCCCCCC1=CC23CC(CCCCCCCC)Cc4c(C)ccc(c42)-c2ccc(C)c(c23)C1. The molecule has 0 amide bonds. The highest BCUT2D eigenvalue weighted by molar-refractivity contribution is 5.87.